The molecule has 1 aliphatic rings. The smallest absolute Gasteiger partial charge is 0.291 e. The zero-order valence-electron chi connectivity index (χ0n) is 16.2. The van der Waals surface area contributed by atoms with Crippen molar-refractivity contribution in [1.82, 2.24) is 5.32 Å². The Morgan fingerprint density at radius 2 is 1.63 bits per heavy atom. The predicted octanol–water partition coefficient (Wildman–Crippen LogP) is 3.81. The van der Waals surface area contributed by atoms with E-state index in [1.807, 2.05) is 6.07 Å². The van der Waals surface area contributed by atoms with Crippen LogP contribution in [0.2, 0.25) is 0 Å². The van der Waals surface area contributed by atoms with Crippen LogP contribution in [0.15, 0.2) is 71.3 Å². The molecule has 0 bridgehead atoms. The highest BCUT2D eigenvalue weighted by Gasteiger charge is 2.29. The molecule has 152 valence electrons. The number of benzene rings is 2. The van der Waals surface area contributed by atoms with Crippen LogP contribution in [0, 0.1) is 5.92 Å². The molecule has 0 unspecified atom stereocenters. The summed E-state index contributed by atoms with van der Waals surface area (Å²) in [6.45, 7) is 0.294. The molecule has 1 aromatic heterocycles. The van der Waals surface area contributed by atoms with Crippen LogP contribution in [0.5, 0.6) is 0 Å². The minimum atomic E-state index is -0.341. The van der Waals surface area contributed by atoms with Gasteiger partial charge in [0.05, 0.1) is 6.26 Å². The quantitative estimate of drug-likeness (QED) is 0.558. The SMILES string of the molecule is O=C(NCc1cccc(NC(=O)c2ccco2)c1)c1cccc(NC(=O)C2CC2)c1. The van der Waals surface area contributed by atoms with Crippen LogP contribution >= 0.6 is 0 Å². The molecule has 3 aromatic rings. The zero-order chi connectivity index (χ0) is 20.9. The number of furan rings is 1. The molecule has 1 fully saturated rings. The summed E-state index contributed by atoms with van der Waals surface area (Å²) in [5.74, 6) is -0.264. The van der Waals surface area contributed by atoms with Gasteiger partial charge in [-0.2, -0.15) is 0 Å². The largest absolute Gasteiger partial charge is 0.459 e. The number of nitrogens with one attached hydrogen (secondary N) is 3. The van der Waals surface area contributed by atoms with Gasteiger partial charge in [-0.15, -0.1) is 0 Å². The second-order valence-electron chi connectivity index (χ2n) is 7.16. The lowest BCUT2D eigenvalue weighted by atomic mass is 10.1. The van der Waals surface area contributed by atoms with Crippen LogP contribution in [0.3, 0.4) is 0 Å². The van der Waals surface area contributed by atoms with Crippen molar-refractivity contribution in [2.75, 3.05) is 10.6 Å². The third-order valence-corrected chi connectivity index (χ3v) is 4.72. The summed E-state index contributed by atoms with van der Waals surface area (Å²) in [6.07, 6.45) is 3.29. The number of rotatable bonds is 7. The lowest BCUT2D eigenvalue weighted by molar-refractivity contribution is -0.117. The highest BCUT2D eigenvalue weighted by atomic mass is 16.3. The number of hydrogen-bond acceptors (Lipinski definition) is 4. The number of hydrogen-bond donors (Lipinski definition) is 3. The van der Waals surface area contributed by atoms with E-state index in [0.717, 1.165) is 18.4 Å². The Morgan fingerprint density at radius 3 is 2.37 bits per heavy atom. The number of carbonyl (C=O) groups excluding carboxylic acids is 3. The van der Waals surface area contributed by atoms with E-state index in [-0.39, 0.29) is 29.4 Å². The molecule has 0 atom stereocenters. The number of amides is 3. The third-order valence-electron chi connectivity index (χ3n) is 4.72. The van der Waals surface area contributed by atoms with Crippen molar-refractivity contribution < 1.29 is 18.8 Å². The first-order chi connectivity index (χ1) is 14.6. The van der Waals surface area contributed by atoms with Crippen molar-refractivity contribution in [2.24, 2.45) is 5.92 Å². The van der Waals surface area contributed by atoms with Crippen molar-refractivity contribution in [1.29, 1.82) is 0 Å². The molecule has 1 heterocycles. The molecule has 1 saturated carbocycles. The van der Waals surface area contributed by atoms with Crippen LogP contribution < -0.4 is 16.0 Å². The molecule has 30 heavy (non-hydrogen) atoms. The monoisotopic (exact) mass is 403 g/mol. The summed E-state index contributed by atoms with van der Waals surface area (Å²) in [7, 11) is 0. The van der Waals surface area contributed by atoms with E-state index in [4.69, 9.17) is 4.42 Å². The highest BCUT2D eigenvalue weighted by Crippen LogP contribution is 2.30. The molecule has 0 spiro atoms. The fraction of sp³-hybridized carbons (Fsp3) is 0.174. The summed E-state index contributed by atoms with van der Waals surface area (Å²) >= 11 is 0. The van der Waals surface area contributed by atoms with Gasteiger partial charge in [0.1, 0.15) is 0 Å². The van der Waals surface area contributed by atoms with Gasteiger partial charge in [0.25, 0.3) is 11.8 Å². The summed E-state index contributed by atoms with van der Waals surface area (Å²) in [6, 6.07) is 17.3. The van der Waals surface area contributed by atoms with Gasteiger partial charge in [-0.3, -0.25) is 14.4 Å². The molecular formula is C23H21N3O4. The van der Waals surface area contributed by atoms with E-state index in [1.165, 1.54) is 6.26 Å². The average Bonchev–Trinajstić information content (AvgIpc) is 3.46. The standard InChI is InChI=1S/C23H21N3O4/c27-21(17-5-2-7-19(13-17)25-22(28)16-9-10-16)24-14-15-4-1-6-18(12-15)26-23(29)20-8-3-11-30-20/h1-8,11-13,16H,9-10,14H2,(H,24,27)(H,25,28)(H,26,29). The molecule has 7 heteroatoms. The Morgan fingerprint density at radius 1 is 0.867 bits per heavy atom. The minimum Gasteiger partial charge on any atom is -0.459 e. The van der Waals surface area contributed by atoms with E-state index in [9.17, 15) is 14.4 Å². The van der Waals surface area contributed by atoms with E-state index in [0.29, 0.717) is 23.5 Å². The van der Waals surface area contributed by atoms with Crippen molar-refractivity contribution in [2.45, 2.75) is 19.4 Å². The maximum atomic E-state index is 12.5. The summed E-state index contributed by atoms with van der Waals surface area (Å²) in [5.41, 5.74) is 2.51. The number of carbonyl (C=O) groups is 3. The Bertz CT molecular complexity index is 1070. The molecule has 2 aromatic carbocycles. The molecule has 7 nitrogen and oxygen atoms in total. The second kappa shape index (κ2) is 8.65. The Hall–Kier alpha value is -3.87. The van der Waals surface area contributed by atoms with Gasteiger partial charge in [-0.1, -0.05) is 18.2 Å². The Kier molecular flexibility index (Phi) is 5.61. The van der Waals surface area contributed by atoms with Crippen LogP contribution in [-0.4, -0.2) is 17.7 Å². The third kappa shape index (κ3) is 4.94. The van der Waals surface area contributed by atoms with Crippen molar-refractivity contribution in [3.63, 3.8) is 0 Å². The second-order valence-corrected chi connectivity index (χ2v) is 7.16. The van der Waals surface area contributed by atoms with Gasteiger partial charge in [0.2, 0.25) is 5.91 Å². The van der Waals surface area contributed by atoms with Crippen LogP contribution in [-0.2, 0) is 11.3 Å². The number of anilines is 2. The Labute approximate surface area is 173 Å². The molecule has 1 aliphatic carbocycles. The molecular weight excluding hydrogens is 382 g/mol. The lowest BCUT2D eigenvalue weighted by Gasteiger charge is -2.09. The summed E-state index contributed by atoms with van der Waals surface area (Å²) < 4.78 is 5.08. The minimum absolute atomic E-state index is 0.000897. The van der Waals surface area contributed by atoms with Crippen LogP contribution in [0.1, 0.15) is 39.3 Å². The molecule has 3 amide bonds. The van der Waals surface area contributed by atoms with Gasteiger partial charge in [0, 0.05) is 29.4 Å². The first-order valence-electron chi connectivity index (χ1n) is 9.71. The lowest BCUT2D eigenvalue weighted by Crippen LogP contribution is -2.23. The van der Waals surface area contributed by atoms with Crippen molar-refractivity contribution >= 4 is 29.1 Å². The highest BCUT2D eigenvalue weighted by molar-refractivity contribution is 6.02. The molecule has 0 radical (unpaired) electrons. The molecule has 3 N–H and O–H groups in total. The molecule has 0 saturated heterocycles. The van der Waals surface area contributed by atoms with E-state index in [1.54, 1.807) is 54.6 Å². The fourth-order valence-electron chi connectivity index (χ4n) is 2.97. The van der Waals surface area contributed by atoms with Gasteiger partial charge >= 0.3 is 0 Å². The summed E-state index contributed by atoms with van der Waals surface area (Å²) in [4.78, 5) is 36.5. The van der Waals surface area contributed by atoms with Crippen molar-refractivity contribution in [3.05, 3.63) is 83.8 Å². The van der Waals surface area contributed by atoms with Crippen LogP contribution in [0.4, 0.5) is 11.4 Å². The van der Waals surface area contributed by atoms with Gasteiger partial charge in [-0.05, 0) is 60.9 Å². The normalized spacial score (nSPS) is 12.8. The Balaban J connectivity index is 1.34. The van der Waals surface area contributed by atoms with Gasteiger partial charge < -0.3 is 20.4 Å². The summed E-state index contributed by atoms with van der Waals surface area (Å²) in [5, 5.41) is 8.46. The molecule has 0 aliphatic heterocycles. The topological polar surface area (TPSA) is 100 Å². The maximum Gasteiger partial charge on any atom is 0.291 e. The van der Waals surface area contributed by atoms with Crippen molar-refractivity contribution in [3.8, 4) is 0 Å². The first kappa shape index (κ1) is 19.4. The average molecular weight is 403 g/mol. The van der Waals surface area contributed by atoms with E-state index >= 15 is 0 Å². The van der Waals surface area contributed by atoms with E-state index in [2.05, 4.69) is 16.0 Å². The van der Waals surface area contributed by atoms with E-state index < -0.39 is 0 Å². The van der Waals surface area contributed by atoms with Gasteiger partial charge in [-0.25, -0.2) is 0 Å². The predicted molar refractivity (Wildman–Crippen MR) is 112 cm³/mol. The first-order valence-corrected chi connectivity index (χ1v) is 9.71. The van der Waals surface area contributed by atoms with Gasteiger partial charge in [0.15, 0.2) is 5.76 Å². The fourth-order valence-corrected chi connectivity index (χ4v) is 2.97. The molecule has 4 rings (SSSR count). The zero-order valence-corrected chi connectivity index (χ0v) is 16.2. The maximum absolute atomic E-state index is 12.5. The van der Waals surface area contributed by atoms with Crippen LogP contribution in [0.25, 0.3) is 0 Å².